The van der Waals surface area contributed by atoms with Gasteiger partial charge >= 0.3 is 0 Å². The molecule has 1 aromatic carbocycles. The van der Waals surface area contributed by atoms with Gasteiger partial charge in [0.1, 0.15) is 5.83 Å². The van der Waals surface area contributed by atoms with Crippen LogP contribution in [0.25, 0.3) is 6.08 Å². The van der Waals surface area contributed by atoms with Crippen LogP contribution in [0.5, 0.6) is 0 Å². The Kier molecular flexibility index (Phi) is 8.78. The third-order valence-corrected chi connectivity index (χ3v) is 3.90. The summed E-state index contributed by atoms with van der Waals surface area (Å²) >= 11 is 0. The lowest BCUT2D eigenvalue weighted by atomic mass is 9.95. The van der Waals surface area contributed by atoms with Gasteiger partial charge in [-0.1, -0.05) is 66.3 Å². The average molecular weight is 324 g/mol. The normalized spacial score (nSPS) is 13.6. The van der Waals surface area contributed by atoms with Crippen molar-refractivity contribution in [3.63, 3.8) is 0 Å². The predicted molar refractivity (Wildman–Crippen MR) is 106 cm³/mol. The van der Waals surface area contributed by atoms with Gasteiger partial charge in [0.15, 0.2) is 0 Å². The topological polar surface area (TPSA) is 0 Å². The first-order chi connectivity index (χ1) is 11.4. The molecule has 0 fully saturated rings. The molecule has 1 rings (SSSR count). The Balaban J connectivity index is 3.09. The van der Waals surface area contributed by atoms with E-state index < -0.39 is 5.83 Å². The molecule has 0 N–H and O–H groups in total. The first-order valence-electron chi connectivity index (χ1n) is 8.52. The molecule has 0 radical (unpaired) electrons. The quantitative estimate of drug-likeness (QED) is 0.264. The van der Waals surface area contributed by atoms with Crippen molar-refractivity contribution in [2.75, 3.05) is 0 Å². The summed E-state index contributed by atoms with van der Waals surface area (Å²) in [5, 5.41) is 0. The highest BCUT2D eigenvalue weighted by molar-refractivity contribution is 5.61. The van der Waals surface area contributed by atoms with E-state index in [1.54, 1.807) is 0 Å². The van der Waals surface area contributed by atoms with Crippen LogP contribution < -0.4 is 0 Å². The van der Waals surface area contributed by atoms with E-state index in [1.165, 1.54) is 22.8 Å². The zero-order valence-electron chi connectivity index (χ0n) is 15.4. The SMILES string of the molecule is C=C(F)\C=C/C(=C(\C)CCC/C=C\C)C(/C)=C/c1cccc(C)c1. The van der Waals surface area contributed by atoms with Crippen molar-refractivity contribution in [3.8, 4) is 0 Å². The first kappa shape index (κ1) is 19.9. The minimum atomic E-state index is -0.419. The molecule has 0 amide bonds. The van der Waals surface area contributed by atoms with Gasteiger partial charge in [-0.05, 0) is 69.7 Å². The van der Waals surface area contributed by atoms with E-state index in [-0.39, 0.29) is 0 Å². The highest BCUT2D eigenvalue weighted by Crippen LogP contribution is 2.23. The molecule has 0 spiro atoms. The van der Waals surface area contributed by atoms with Crippen LogP contribution in [0.4, 0.5) is 4.39 Å². The first-order valence-corrected chi connectivity index (χ1v) is 8.52. The van der Waals surface area contributed by atoms with Gasteiger partial charge in [0.2, 0.25) is 0 Å². The molecule has 1 heteroatoms. The van der Waals surface area contributed by atoms with Gasteiger partial charge in [0, 0.05) is 0 Å². The molecule has 0 saturated heterocycles. The molecule has 0 unspecified atom stereocenters. The zero-order chi connectivity index (χ0) is 17.9. The van der Waals surface area contributed by atoms with Crippen LogP contribution in [0, 0.1) is 6.92 Å². The molecule has 0 heterocycles. The summed E-state index contributed by atoms with van der Waals surface area (Å²) in [5.41, 5.74) is 5.91. The van der Waals surface area contributed by atoms with Gasteiger partial charge in [0.05, 0.1) is 0 Å². The molecule has 1 aromatic rings. The minimum absolute atomic E-state index is 0.419. The maximum atomic E-state index is 13.1. The zero-order valence-corrected chi connectivity index (χ0v) is 15.4. The van der Waals surface area contributed by atoms with Crippen molar-refractivity contribution >= 4 is 6.08 Å². The molecule has 0 saturated carbocycles. The number of benzene rings is 1. The van der Waals surface area contributed by atoms with E-state index >= 15 is 0 Å². The number of hydrogen-bond donors (Lipinski definition) is 0. The predicted octanol–water partition coefficient (Wildman–Crippen LogP) is 7.50. The van der Waals surface area contributed by atoms with Gasteiger partial charge in [0.25, 0.3) is 0 Å². The molecular weight excluding hydrogens is 295 g/mol. The average Bonchev–Trinajstić information content (AvgIpc) is 2.51. The van der Waals surface area contributed by atoms with Crippen molar-refractivity contribution in [2.45, 2.75) is 47.0 Å². The van der Waals surface area contributed by atoms with Crippen LogP contribution in [0.1, 0.15) is 51.2 Å². The number of allylic oxidation sites excluding steroid dienone is 8. The standard InChI is InChI=1S/C23H29F/c1-6-7-8-9-12-19(3)23(15-14-21(5)24)20(4)17-22-13-10-11-18(2)16-22/h6-7,10-11,13-17H,5,8-9,12H2,1-4H3/b7-6-,15-14-,20-17+,23-19-. The van der Waals surface area contributed by atoms with Gasteiger partial charge in [-0.15, -0.1) is 0 Å². The maximum absolute atomic E-state index is 13.1. The minimum Gasteiger partial charge on any atom is -0.208 e. The van der Waals surface area contributed by atoms with Crippen molar-refractivity contribution in [1.82, 2.24) is 0 Å². The van der Waals surface area contributed by atoms with E-state index in [2.05, 4.69) is 69.8 Å². The van der Waals surface area contributed by atoms with E-state index in [9.17, 15) is 4.39 Å². The highest BCUT2D eigenvalue weighted by Gasteiger charge is 2.03. The van der Waals surface area contributed by atoms with Crippen LogP contribution in [-0.2, 0) is 0 Å². The van der Waals surface area contributed by atoms with Crippen molar-refractivity contribution in [3.05, 3.63) is 88.8 Å². The van der Waals surface area contributed by atoms with E-state index in [0.29, 0.717) is 0 Å². The lowest BCUT2D eigenvalue weighted by molar-refractivity contribution is 0.671. The summed E-state index contributed by atoms with van der Waals surface area (Å²) in [7, 11) is 0. The largest absolute Gasteiger partial charge is 0.208 e. The second kappa shape index (κ2) is 10.6. The molecule has 0 aromatic heterocycles. The second-order valence-electron chi connectivity index (χ2n) is 6.18. The van der Waals surface area contributed by atoms with E-state index in [4.69, 9.17) is 0 Å². The Hall–Kier alpha value is -2.15. The fourth-order valence-corrected chi connectivity index (χ4v) is 2.66. The molecule has 128 valence electrons. The molecule has 0 aliphatic rings. The second-order valence-corrected chi connectivity index (χ2v) is 6.18. The number of unbranched alkanes of at least 4 members (excludes halogenated alkanes) is 1. The Morgan fingerprint density at radius 2 is 1.96 bits per heavy atom. The van der Waals surface area contributed by atoms with Gasteiger partial charge < -0.3 is 0 Å². The van der Waals surface area contributed by atoms with Crippen LogP contribution >= 0.6 is 0 Å². The highest BCUT2D eigenvalue weighted by atomic mass is 19.1. The lowest BCUT2D eigenvalue weighted by Crippen LogP contribution is -1.90. The van der Waals surface area contributed by atoms with Crippen LogP contribution in [0.3, 0.4) is 0 Å². The lowest BCUT2D eigenvalue weighted by Gasteiger charge is -2.10. The van der Waals surface area contributed by atoms with Gasteiger partial charge in [-0.25, -0.2) is 4.39 Å². The fourth-order valence-electron chi connectivity index (χ4n) is 2.66. The number of hydrogen-bond acceptors (Lipinski definition) is 0. The molecule has 0 bridgehead atoms. The van der Waals surface area contributed by atoms with Crippen molar-refractivity contribution in [2.24, 2.45) is 0 Å². The summed E-state index contributed by atoms with van der Waals surface area (Å²) in [6.07, 6.45) is 12.9. The molecule has 0 aliphatic carbocycles. The van der Waals surface area contributed by atoms with E-state index in [1.807, 2.05) is 13.0 Å². The van der Waals surface area contributed by atoms with Crippen molar-refractivity contribution in [1.29, 1.82) is 0 Å². The molecule has 0 nitrogen and oxygen atoms in total. The number of rotatable bonds is 8. The van der Waals surface area contributed by atoms with Crippen LogP contribution in [-0.4, -0.2) is 0 Å². The third-order valence-electron chi connectivity index (χ3n) is 3.90. The molecule has 24 heavy (non-hydrogen) atoms. The maximum Gasteiger partial charge on any atom is 0.116 e. The van der Waals surface area contributed by atoms with Gasteiger partial charge in [-0.2, -0.15) is 0 Å². The monoisotopic (exact) mass is 324 g/mol. The smallest absolute Gasteiger partial charge is 0.116 e. The van der Waals surface area contributed by atoms with Gasteiger partial charge in [-0.3, -0.25) is 0 Å². The van der Waals surface area contributed by atoms with Crippen LogP contribution in [0.15, 0.2) is 77.7 Å². The Bertz CT molecular complexity index is 669. The summed E-state index contributed by atoms with van der Waals surface area (Å²) in [4.78, 5) is 0. The summed E-state index contributed by atoms with van der Waals surface area (Å²) in [6, 6.07) is 8.39. The van der Waals surface area contributed by atoms with E-state index in [0.717, 1.165) is 30.4 Å². The summed E-state index contributed by atoms with van der Waals surface area (Å²) in [5.74, 6) is -0.419. The Labute approximate surface area is 146 Å². The number of aryl methyl sites for hydroxylation is 1. The molecule has 0 atom stereocenters. The van der Waals surface area contributed by atoms with Crippen LogP contribution in [0.2, 0.25) is 0 Å². The molecular formula is C23H29F. The fraction of sp³-hybridized carbons (Fsp3) is 0.304. The van der Waals surface area contributed by atoms with Crippen molar-refractivity contribution < 1.29 is 4.39 Å². The third kappa shape index (κ3) is 7.41. The number of halogens is 1. The summed E-state index contributed by atoms with van der Waals surface area (Å²) < 4.78 is 13.1. The Morgan fingerprint density at radius 1 is 1.21 bits per heavy atom. The molecule has 0 aliphatic heterocycles. The summed E-state index contributed by atoms with van der Waals surface area (Å²) in [6.45, 7) is 11.7. The Morgan fingerprint density at radius 3 is 2.58 bits per heavy atom.